The number of thioether (sulfide) groups is 1. The minimum absolute atomic E-state index is 0.0673. The fourth-order valence-corrected chi connectivity index (χ4v) is 3.57. The summed E-state index contributed by atoms with van der Waals surface area (Å²) in [4.78, 5) is 23.1. The van der Waals surface area contributed by atoms with Gasteiger partial charge in [0.15, 0.2) is 11.0 Å². The molecule has 0 bridgehead atoms. The normalized spacial score (nSPS) is 11.9. The fraction of sp³-hybridized carbons (Fsp3) is 0.250. The Kier molecular flexibility index (Phi) is 5.97. The minimum atomic E-state index is -0.486. The van der Waals surface area contributed by atoms with Crippen LogP contribution in [0.15, 0.2) is 47.6 Å². The van der Waals surface area contributed by atoms with Crippen LogP contribution in [0, 0.1) is 24.0 Å². The van der Waals surface area contributed by atoms with E-state index in [2.05, 4.69) is 15.5 Å². The number of nitro groups is 1. The van der Waals surface area contributed by atoms with Gasteiger partial charge in [-0.05, 0) is 32.4 Å². The van der Waals surface area contributed by atoms with Crippen LogP contribution in [0.4, 0.5) is 11.4 Å². The third-order valence-electron chi connectivity index (χ3n) is 4.45. The molecule has 0 saturated heterocycles. The molecule has 1 unspecified atom stereocenters. The number of aromatic nitrogens is 3. The quantitative estimate of drug-likeness (QED) is 0.372. The topological polar surface area (TPSA) is 103 Å². The van der Waals surface area contributed by atoms with Crippen LogP contribution in [0.5, 0.6) is 0 Å². The second kappa shape index (κ2) is 8.44. The first kappa shape index (κ1) is 20.5. The van der Waals surface area contributed by atoms with Crippen molar-refractivity contribution in [3.8, 4) is 11.4 Å². The Balaban J connectivity index is 1.74. The molecule has 1 aromatic heterocycles. The summed E-state index contributed by atoms with van der Waals surface area (Å²) in [5, 5.41) is 22.4. The number of non-ortho nitro benzene ring substituents is 1. The second-order valence-electron chi connectivity index (χ2n) is 6.74. The van der Waals surface area contributed by atoms with E-state index in [0.717, 1.165) is 22.5 Å². The van der Waals surface area contributed by atoms with Crippen molar-refractivity contribution in [3.63, 3.8) is 0 Å². The Labute approximate surface area is 172 Å². The van der Waals surface area contributed by atoms with E-state index in [1.807, 2.05) is 42.8 Å². The average Bonchev–Trinajstić information content (AvgIpc) is 3.03. The first-order valence-corrected chi connectivity index (χ1v) is 9.83. The van der Waals surface area contributed by atoms with Crippen molar-refractivity contribution < 1.29 is 9.72 Å². The fourth-order valence-electron chi connectivity index (χ4n) is 2.76. The van der Waals surface area contributed by atoms with Crippen molar-refractivity contribution in [2.24, 2.45) is 7.05 Å². The zero-order chi connectivity index (χ0) is 21.1. The lowest BCUT2D eigenvalue weighted by molar-refractivity contribution is -0.384. The van der Waals surface area contributed by atoms with Gasteiger partial charge >= 0.3 is 0 Å². The third kappa shape index (κ3) is 4.62. The number of nitro benzene ring substituents is 1. The summed E-state index contributed by atoms with van der Waals surface area (Å²) in [6.45, 7) is 5.56. The van der Waals surface area contributed by atoms with Crippen molar-refractivity contribution in [1.29, 1.82) is 0 Å². The first-order chi connectivity index (χ1) is 13.8. The summed E-state index contributed by atoms with van der Waals surface area (Å²) in [5.41, 5.74) is 3.19. The van der Waals surface area contributed by atoms with E-state index in [-0.39, 0.29) is 11.6 Å². The number of carbonyl (C=O) groups excluding carboxylic acids is 1. The van der Waals surface area contributed by atoms with Crippen molar-refractivity contribution in [3.05, 3.63) is 63.7 Å². The molecule has 0 aliphatic heterocycles. The number of amides is 1. The Hall–Kier alpha value is -3.20. The summed E-state index contributed by atoms with van der Waals surface area (Å²) in [5.74, 6) is 0.456. The molecule has 3 rings (SSSR count). The zero-order valence-corrected chi connectivity index (χ0v) is 17.4. The highest BCUT2D eigenvalue weighted by atomic mass is 32.2. The van der Waals surface area contributed by atoms with Crippen LogP contribution in [0.3, 0.4) is 0 Å². The molecule has 0 spiro atoms. The van der Waals surface area contributed by atoms with Crippen molar-refractivity contribution >= 4 is 29.0 Å². The van der Waals surface area contributed by atoms with Gasteiger partial charge in [-0.1, -0.05) is 41.6 Å². The van der Waals surface area contributed by atoms with Crippen molar-refractivity contribution in [1.82, 2.24) is 14.8 Å². The van der Waals surface area contributed by atoms with Gasteiger partial charge in [0, 0.05) is 24.7 Å². The molecule has 8 nitrogen and oxygen atoms in total. The lowest BCUT2D eigenvalue weighted by Crippen LogP contribution is -2.23. The van der Waals surface area contributed by atoms with Gasteiger partial charge in [-0.25, -0.2) is 0 Å². The van der Waals surface area contributed by atoms with Gasteiger partial charge in [0.1, 0.15) is 0 Å². The Bertz CT molecular complexity index is 1080. The van der Waals surface area contributed by atoms with Crippen LogP contribution >= 0.6 is 11.8 Å². The molecule has 2 aromatic carbocycles. The van der Waals surface area contributed by atoms with Gasteiger partial charge in [0.25, 0.3) is 5.69 Å². The van der Waals surface area contributed by atoms with E-state index in [1.54, 1.807) is 19.9 Å². The second-order valence-corrected chi connectivity index (χ2v) is 8.05. The minimum Gasteiger partial charge on any atom is -0.325 e. The molecule has 1 amide bonds. The van der Waals surface area contributed by atoms with Gasteiger partial charge in [0.05, 0.1) is 15.9 Å². The molecule has 1 atom stereocenters. The summed E-state index contributed by atoms with van der Waals surface area (Å²) >= 11 is 1.28. The number of hydrogen-bond donors (Lipinski definition) is 1. The monoisotopic (exact) mass is 411 g/mol. The highest BCUT2D eigenvalue weighted by Gasteiger charge is 2.21. The molecule has 150 valence electrons. The Morgan fingerprint density at radius 2 is 1.97 bits per heavy atom. The molecule has 29 heavy (non-hydrogen) atoms. The van der Waals surface area contributed by atoms with Gasteiger partial charge < -0.3 is 9.88 Å². The number of rotatable bonds is 6. The van der Waals surface area contributed by atoms with Gasteiger partial charge in [0.2, 0.25) is 5.91 Å². The molecule has 9 heteroatoms. The highest BCUT2D eigenvalue weighted by molar-refractivity contribution is 8.00. The SMILES string of the molecule is Cc1cccc(-c2nnc(SC(C)C(=O)Nc3cc([N+](=O)[O-])ccc3C)n2C)c1. The van der Waals surface area contributed by atoms with E-state index in [4.69, 9.17) is 0 Å². The Morgan fingerprint density at radius 3 is 2.66 bits per heavy atom. The van der Waals surface area contributed by atoms with E-state index >= 15 is 0 Å². The van der Waals surface area contributed by atoms with Crippen LogP contribution in [0.2, 0.25) is 0 Å². The van der Waals surface area contributed by atoms with Crippen LogP contribution in [0.25, 0.3) is 11.4 Å². The van der Waals surface area contributed by atoms with Crippen molar-refractivity contribution in [2.45, 2.75) is 31.2 Å². The molecule has 3 aromatic rings. The molecule has 0 aliphatic rings. The van der Waals surface area contributed by atoms with Crippen LogP contribution in [-0.4, -0.2) is 30.8 Å². The van der Waals surface area contributed by atoms with E-state index in [9.17, 15) is 14.9 Å². The molecular formula is C20H21N5O3S. The summed E-state index contributed by atoms with van der Waals surface area (Å²) in [6, 6.07) is 12.4. The summed E-state index contributed by atoms with van der Waals surface area (Å²) in [7, 11) is 1.86. The van der Waals surface area contributed by atoms with Crippen molar-refractivity contribution in [2.75, 3.05) is 5.32 Å². The van der Waals surface area contributed by atoms with Crippen LogP contribution in [-0.2, 0) is 11.8 Å². The maximum absolute atomic E-state index is 12.6. The standard InChI is InChI=1S/C20H21N5O3S/c1-12-6-5-7-15(10-12)18-22-23-20(24(18)4)29-14(3)19(26)21-17-11-16(25(27)28)9-8-13(17)2/h5-11,14H,1-4H3,(H,21,26). The lowest BCUT2D eigenvalue weighted by atomic mass is 10.1. The summed E-state index contributed by atoms with van der Waals surface area (Å²) < 4.78 is 1.85. The number of hydrogen-bond acceptors (Lipinski definition) is 6. The maximum atomic E-state index is 12.6. The molecule has 0 radical (unpaired) electrons. The predicted octanol–water partition coefficient (Wildman–Crippen LogP) is 4.13. The largest absolute Gasteiger partial charge is 0.325 e. The van der Waals surface area contributed by atoms with Crippen LogP contribution < -0.4 is 5.32 Å². The molecule has 0 fully saturated rings. The molecule has 1 N–H and O–H groups in total. The smallest absolute Gasteiger partial charge is 0.271 e. The van der Waals surface area contributed by atoms with E-state index in [0.29, 0.717) is 10.8 Å². The number of anilines is 1. The zero-order valence-electron chi connectivity index (χ0n) is 16.5. The highest BCUT2D eigenvalue weighted by Crippen LogP contribution is 2.28. The molecule has 1 heterocycles. The number of nitrogens with zero attached hydrogens (tertiary/aromatic N) is 4. The Morgan fingerprint density at radius 1 is 1.21 bits per heavy atom. The van der Waals surface area contributed by atoms with Gasteiger partial charge in [-0.2, -0.15) is 0 Å². The summed E-state index contributed by atoms with van der Waals surface area (Å²) in [6.07, 6.45) is 0. The lowest BCUT2D eigenvalue weighted by Gasteiger charge is -2.13. The molecule has 0 saturated carbocycles. The number of benzene rings is 2. The number of aryl methyl sites for hydroxylation is 2. The predicted molar refractivity (Wildman–Crippen MR) is 113 cm³/mol. The number of carbonyl (C=O) groups is 1. The third-order valence-corrected chi connectivity index (χ3v) is 5.59. The first-order valence-electron chi connectivity index (χ1n) is 8.95. The van der Waals surface area contributed by atoms with Gasteiger partial charge in [-0.15, -0.1) is 10.2 Å². The van der Waals surface area contributed by atoms with E-state index < -0.39 is 10.2 Å². The molecule has 0 aliphatic carbocycles. The molecular weight excluding hydrogens is 390 g/mol. The van der Waals surface area contributed by atoms with E-state index in [1.165, 1.54) is 23.9 Å². The average molecular weight is 411 g/mol. The van der Waals surface area contributed by atoms with Gasteiger partial charge in [-0.3, -0.25) is 14.9 Å². The number of nitrogens with one attached hydrogen (secondary N) is 1. The maximum Gasteiger partial charge on any atom is 0.271 e. The van der Waals surface area contributed by atoms with Crippen LogP contribution in [0.1, 0.15) is 18.1 Å².